The van der Waals surface area contributed by atoms with Gasteiger partial charge in [-0.2, -0.15) is 0 Å². The first kappa shape index (κ1) is 13.4. The molecule has 0 aromatic heterocycles. The fourth-order valence-electron chi connectivity index (χ4n) is 3.69. The Balaban J connectivity index is 1.67. The second kappa shape index (κ2) is 5.73. The van der Waals surface area contributed by atoms with Crippen LogP contribution in [0.5, 0.6) is 0 Å². The van der Waals surface area contributed by atoms with Crippen molar-refractivity contribution in [3.8, 4) is 0 Å². The lowest BCUT2D eigenvalue weighted by atomic mass is 9.72. The van der Waals surface area contributed by atoms with Gasteiger partial charge in [0.2, 0.25) is 0 Å². The molecule has 1 heterocycles. The van der Waals surface area contributed by atoms with Crippen LogP contribution in [0.2, 0.25) is 0 Å². The molecule has 1 heteroatoms. The highest BCUT2D eigenvalue weighted by Crippen LogP contribution is 2.38. The number of likely N-dealkylation sites (tertiary alicyclic amines) is 1. The van der Waals surface area contributed by atoms with Crippen LogP contribution in [0.4, 0.5) is 0 Å². The van der Waals surface area contributed by atoms with Crippen LogP contribution < -0.4 is 0 Å². The molecule has 0 N–H and O–H groups in total. The van der Waals surface area contributed by atoms with Crippen molar-refractivity contribution in [2.45, 2.75) is 65.8 Å². The highest BCUT2D eigenvalue weighted by molar-refractivity contribution is 4.90. The molecule has 100 valence electrons. The lowest BCUT2D eigenvalue weighted by Gasteiger charge is -2.47. The lowest BCUT2D eigenvalue weighted by molar-refractivity contribution is 0.0291. The summed E-state index contributed by atoms with van der Waals surface area (Å²) in [4.78, 5) is 2.79. The van der Waals surface area contributed by atoms with Crippen molar-refractivity contribution in [1.82, 2.24) is 4.90 Å². The number of hydrogen-bond donors (Lipinski definition) is 0. The molecule has 0 bridgehead atoms. The van der Waals surface area contributed by atoms with Crippen LogP contribution in [0.3, 0.4) is 0 Å². The van der Waals surface area contributed by atoms with Gasteiger partial charge in [0.25, 0.3) is 0 Å². The maximum absolute atomic E-state index is 2.79. The number of rotatable bonds is 4. The van der Waals surface area contributed by atoms with Crippen molar-refractivity contribution in [3.05, 3.63) is 0 Å². The fraction of sp³-hybridized carbons (Fsp3) is 1.00. The van der Waals surface area contributed by atoms with Crippen LogP contribution in [-0.4, -0.2) is 24.0 Å². The van der Waals surface area contributed by atoms with Crippen molar-refractivity contribution in [3.63, 3.8) is 0 Å². The summed E-state index contributed by atoms with van der Waals surface area (Å²) in [6, 6.07) is 0.947. The normalized spacial score (nSPS) is 32.1. The minimum absolute atomic E-state index is 0.889. The molecular weight excluding hydrogens is 206 g/mol. The van der Waals surface area contributed by atoms with Gasteiger partial charge in [0.15, 0.2) is 0 Å². The van der Waals surface area contributed by atoms with Gasteiger partial charge in [-0.15, -0.1) is 0 Å². The zero-order valence-electron chi connectivity index (χ0n) is 12.3. The molecule has 0 aromatic carbocycles. The number of hydrogen-bond acceptors (Lipinski definition) is 1. The van der Waals surface area contributed by atoms with Crippen molar-refractivity contribution in [2.75, 3.05) is 13.1 Å². The fourth-order valence-corrected chi connectivity index (χ4v) is 3.69. The van der Waals surface area contributed by atoms with Gasteiger partial charge in [0.1, 0.15) is 0 Å². The monoisotopic (exact) mass is 237 g/mol. The van der Waals surface area contributed by atoms with Crippen LogP contribution in [0.15, 0.2) is 0 Å². The molecule has 0 unspecified atom stereocenters. The summed E-state index contributed by atoms with van der Waals surface area (Å²) in [6.45, 7) is 12.3. The SMILES string of the molecule is CC(C)CC1CCN(C2CC(C(C)C)C2)CC1. The van der Waals surface area contributed by atoms with Gasteiger partial charge in [-0.05, 0) is 68.9 Å². The first-order valence-electron chi connectivity index (χ1n) is 7.80. The van der Waals surface area contributed by atoms with Gasteiger partial charge in [0, 0.05) is 6.04 Å². The third-order valence-electron chi connectivity index (χ3n) is 5.06. The van der Waals surface area contributed by atoms with Gasteiger partial charge >= 0.3 is 0 Å². The first-order valence-corrected chi connectivity index (χ1v) is 7.80. The highest BCUT2D eigenvalue weighted by atomic mass is 15.2. The molecule has 0 atom stereocenters. The van der Waals surface area contributed by atoms with Crippen LogP contribution >= 0.6 is 0 Å². The molecule has 2 aliphatic rings. The molecule has 0 aromatic rings. The average Bonchev–Trinajstić information content (AvgIpc) is 2.16. The van der Waals surface area contributed by atoms with E-state index in [-0.39, 0.29) is 0 Å². The van der Waals surface area contributed by atoms with Crippen molar-refractivity contribution >= 4 is 0 Å². The van der Waals surface area contributed by atoms with Gasteiger partial charge in [-0.25, -0.2) is 0 Å². The van der Waals surface area contributed by atoms with Gasteiger partial charge in [-0.3, -0.25) is 0 Å². The Morgan fingerprint density at radius 1 is 1.00 bits per heavy atom. The molecule has 1 saturated carbocycles. The van der Waals surface area contributed by atoms with E-state index in [1.54, 1.807) is 0 Å². The van der Waals surface area contributed by atoms with Crippen molar-refractivity contribution < 1.29 is 0 Å². The van der Waals surface area contributed by atoms with E-state index in [0.29, 0.717) is 0 Å². The molecule has 0 radical (unpaired) electrons. The zero-order valence-corrected chi connectivity index (χ0v) is 12.3. The number of piperidine rings is 1. The van der Waals surface area contributed by atoms with Crippen LogP contribution in [-0.2, 0) is 0 Å². The van der Waals surface area contributed by atoms with E-state index in [2.05, 4.69) is 32.6 Å². The summed E-state index contributed by atoms with van der Waals surface area (Å²) >= 11 is 0. The maximum Gasteiger partial charge on any atom is 0.0101 e. The zero-order chi connectivity index (χ0) is 12.4. The summed E-state index contributed by atoms with van der Waals surface area (Å²) in [5, 5.41) is 0. The van der Waals surface area contributed by atoms with E-state index in [4.69, 9.17) is 0 Å². The predicted molar refractivity (Wildman–Crippen MR) is 75.1 cm³/mol. The standard InChI is InChI=1S/C16H31N/c1-12(2)9-14-5-7-17(8-6-14)16-10-15(11-16)13(3)4/h12-16H,5-11H2,1-4H3. The topological polar surface area (TPSA) is 3.24 Å². The maximum atomic E-state index is 2.79. The second-order valence-electron chi connectivity index (χ2n) is 7.24. The van der Waals surface area contributed by atoms with Crippen molar-refractivity contribution in [1.29, 1.82) is 0 Å². The predicted octanol–water partition coefficient (Wildman–Crippen LogP) is 4.18. The first-order chi connectivity index (χ1) is 8.06. The molecule has 0 spiro atoms. The molecule has 1 aliphatic carbocycles. The Morgan fingerprint density at radius 3 is 2.06 bits per heavy atom. The Bertz CT molecular complexity index is 220. The summed E-state index contributed by atoms with van der Waals surface area (Å²) in [5.41, 5.74) is 0. The van der Waals surface area contributed by atoms with E-state index < -0.39 is 0 Å². The van der Waals surface area contributed by atoms with Crippen LogP contribution in [0.25, 0.3) is 0 Å². The Labute approximate surface area is 108 Å². The van der Waals surface area contributed by atoms with E-state index in [9.17, 15) is 0 Å². The highest BCUT2D eigenvalue weighted by Gasteiger charge is 2.36. The summed E-state index contributed by atoms with van der Waals surface area (Å²) in [7, 11) is 0. The largest absolute Gasteiger partial charge is 0.300 e. The molecular formula is C16H31N. The molecule has 17 heavy (non-hydrogen) atoms. The minimum Gasteiger partial charge on any atom is -0.300 e. The van der Waals surface area contributed by atoms with Crippen LogP contribution in [0.1, 0.15) is 59.8 Å². The number of nitrogens with zero attached hydrogens (tertiary/aromatic N) is 1. The van der Waals surface area contributed by atoms with E-state index in [1.165, 1.54) is 45.2 Å². The minimum atomic E-state index is 0.889. The molecule has 0 amide bonds. The van der Waals surface area contributed by atoms with E-state index in [1.807, 2.05) is 0 Å². The summed E-state index contributed by atoms with van der Waals surface area (Å²) < 4.78 is 0. The summed E-state index contributed by atoms with van der Waals surface area (Å²) in [6.07, 6.45) is 7.33. The van der Waals surface area contributed by atoms with Crippen LogP contribution in [0, 0.1) is 23.7 Å². The Morgan fingerprint density at radius 2 is 1.59 bits per heavy atom. The van der Waals surface area contributed by atoms with Gasteiger partial charge in [-0.1, -0.05) is 27.7 Å². The Kier molecular flexibility index (Phi) is 4.52. The Hall–Kier alpha value is -0.0400. The lowest BCUT2D eigenvalue weighted by Crippen LogP contribution is -2.49. The molecule has 1 aliphatic heterocycles. The molecule has 1 saturated heterocycles. The second-order valence-corrected chi connectivity index (χ2v) is 7.24. The van der Waals surface area contributed by atoms with Gasteiger partial charge in [0.05, 0.1) is 0 Å². The average molecular weight is 237 g/mol. The molecule has 1 nitrogen and oxygen atoms in total. The molecule has 2 fully saturated rings. The third-order valence-corrected chi connectivity index (χ3v) is 5.06. The van der Waals surface area contributed by atoms with E-state index in [0.717, 1.165) is 29.7 Å². The van der Waals surface area contributed by atoms with E-state index >= 15 is 0 Å². The molecule has 2 rings (SSSR count). The summed E-state index contributed by atoms with van der Waals surface area (Å²) in [5.74, 6) is 3.84. The smallest absolute Gasteiger partial charge is 0.0101 e. The third kappa shape index (κ3) is 3.47. The quantitative estimate of drug-likeness (QED) is 0.709. The van der Waals surface area contributed by atoms with Crippen molar-refractivity contribution in [2.24, 2.45) is 23.7 Å². The van der Waals surface area contributed by atoms with Gasteiger partial charge < -0.3 is 4.90 Å².